The molecule has 0 radical (unpaired) electrons. The smallest absolute Gasteiger partial charge is 0.188 e. The molecule has 4 nitrogen and oxygen atoms in total. The van der Waals surface area contributed by atoms with Gasteiger partial charge in [0.15, 0.2) is 5.96 Å². The van der Waals surface area contributed by atoms with E-state index in [1.54, 1.807) is 0 Å². The SMILES string of the molecule is CCCCNC(N)=NCC(C1CC1)N(C)C.I. The summed E-state index contributed by atoms with van der Waals surface area (Å²) in [5.41, 5.74) is 5.80. The Kier molecular flexibility index (Phi) is 8.94. The monoisotopic (exact) mass is 354 g/mol. The summed E-state index contributed by atoms with van der Waals surface area (Å²) in [5, 5.41) is 3.15. The van der Waals surface area contributed by atoms with Gasteiger partial charge in [0.25, 0.3) is 0 Å². The molecule has 0 aromatic rings. The van der Waals surface area contributed by atoms with Crippen molar-refractivity contribution in [3.05, 3.63) is 0 Å². The Bertz CT molecular complexity index is 225. The number of nitrogens with zero attached hydrogens (tertiary/aromatic N) is 2. The molecule has 17 heavy (non-hydrogen) atoms. The second-order valence-corrected chi connectivity index (χ2v) is 4.87. The Balaban J connectivity index is 0.00000256. The van der Waals surface area contributed by atoms with Crippen molar-refractivity contribution in [2.24, 2.45) is 16.6 Å². The average molecular weight is 354 g/mol. The van der Waals surface area contributed by atoms with Crippen LogP contribution in [0, 0.1) is 5.92 Å². The van der Waals surface area contributed by atoms with Crippen LogP contribution in [0.5, 0.6) is 0 Å². The van der Waals surface area contributed by atoms with E-state index in [9.17, 15) is 0 Å². The lowest BCUT2D eigenvalue weighted by Crippen LogP contribution is -2.37. The van der Waals surface area contributed by atoms with Crippen molar-refractivity contribution in [2.75, 3.05) is 27.2 Å². The number of halogens is 1. The zero-order chi connectivity index (χ0) is 12.0. The molecule has 1 unspecified atom stereocenters. The fourth-order valence-corrected chi connectivity index (χ4v) is 1.86. The van der Waals surface area contributed by atoms with Crippen molar-refractivity contribution in [1.82, 2.24) is 10.2 Å². The number of hydrogen-bond donors (Lipinski definition) is 2. The van der Waals surface area contributed by atoms with Gasteiger partial charge in [-0.05, 0) is 39.3 Å². The van der Waals surface area contributed by atoms with Gasteiger partial charge < -0.3 is 16.0 Å². The first kappa shape index (κ1) is 17.0. The van der Waals surface area contributed by atoms with Gasteiger partial charge in [0.1, 0.15) is 0 Å². The first-order chi connectivity index (χ1) is 7.65. The fraction of sp³-hybridized carbons (Fsp3) is 0.917. The molecule has 1 saturated carbocycles. The standard InChI is InChI=1S/C12H26N4.HI/c1-4-5-8-14-12(13)15-9-11(16(2)3)10-6-7-10;/h10-11H,4-9H2,1-3H3,(H3,13,14,15);1H. The van der Waals surface area contributed by atoms with Crippen LogP contribution in [0.25, 0.3) is 0 Å². The molecular weight excluding hydrogens is 327 g/mol. The minimum absolute atomic E-state index is 0. The predicted molar refractivity (Wildman–Crippen MR) is 85.0 cm³/mol. The zero-order valence-corrected chi connectivity index (χ0v) is 13.6. The van der Waals surface area contributed by atoms with Crippen LogP contribution in [0.2, 0.25) is 0 Å². The van der Waals surface area contributed by atoms with Crippen LogP contribution in [-0.4, -0.2) is 44.1 Å². The third-order valence-electron chi connectivity index (χ3n) is 3.11. The molecule has 0 aliphatic heterocycles. The maximum atomic E-state index is 5.80. The average Bonchev–Trinajstić information content (AvgIpc) is 3.02. The Morgan fingerprint density at radius 2 is 2.12 bits per heavy atom. The quantitative estimate of drug-likeness (QED) is 0.316. The molecule has 102 valence electrons. The minimum atomic E-state index is 0. The summed E-state index contributed by atoms with van der Waals surface area (Å²) in [6.07, 6.45) is 5.03. The summed E-state index contributed by atoms with van der Waals surface area (Å²) in [4.78, 5) is 6.68. The van der Waals surface area contributed by atoms with Gasteiger partial charge in [-0.2, -0.15) is 0 Å². The molecule has 0 heterocycles. The molecule has 1 atom stereocenters. The number of hydrogen-bond acceptors (Lipinski definition) is 2. The molecule has 1 fully saturated rings. The summed E-state index contributed by atoms with van der Waals surface area (Å²) in [7, 11) is 4.25. The summed E-state index contributed by atoms with van der Waals surface area (Å²) < 4.78 is 0. The second-order valence-electron chi connectivity index (χ2n) is 4.87. The van der Waals surface area contributed by atoms with Gasteiger partial charge in [0.05, 0.1) is 6.54 Å². The summed E-state index contributed by atoms with van der Waals surface area (Å²) in [5.74, 6) is 1.43. The van der Waals surface area contributed by atoms with Crippen LogP contribution in [-0.2, 0) is 0 Å². The number of nitrogens with one attached hydrogen (secondary N) is 1. The van der Waals surface area contributed by atoms with Gasteiger partial charge >= 0.3 is 0 Å². The third-order valence-corrected chi connectivity index (χ3v) is 3.11. The highest BCUT2D eigenvalue weighted by Crippen LogP contribution is 2.34. The van der Waals surface area contributed by atoms with Gasteiger partial charge in [-0.3, -0.25) is 4.99 Å². The van der Waals surface area contributed by atoms with Crippen molar-refractivity contribution >= 4 is 29.9 Å². The van der Waals surface area contributed by atoms with E-state index in [2.05, 4.69) is 36.2 Å². The third kappa shape index (κ3) is 7.08. The second kappa shape index (κ2) is 8.97. The Hall–Kier alpha value is -0.0400. The number of likely N-dealkylation sites (N-methyl/N-ethyl adjacent to an activating group) is 1. The number of aliphatic imine (C=N–C) groups is 1. The van der Waals surface area contributed by atoms with Gasteiger partial charge in [-0.25, -0.2) is 0 Å². The van der Waals surface area contributed by atoms with Gasteiger partial charge in [0, 0.05) is 12.6 Å². The number of rotatable bonds is 7. The molecule has 0 amide bonds. The lowest BCUT2D eigenvalue weighted by molar-refractivity contribution is 0.271. The molecular formula is C12H27IN4. The highest BCUT2D eigenvalue weighted by Gasteiger charge is 2.32. The lowest BCUT2D eigenvalue weighted by Gasteiger charge is -2.22. The van der Waals surface area contributed by atoms with Crippen LogP contribution in [0.1, 0.15) is 32.6 Å². The molecule has 0 saturated heterocycles. The highest BCUT2D eigenvalue weighted by molar-refractivity contribution is 14.0. The van der Waals surface area contributed by atoms with Crippen molar-refractivity contribution in [3.63, 3.8) is 0 Å². The van der Waals surface area contributed by atoms with Crippen molar-refractivity contribution in [2.45, 2.75) is 38.6 Å². The molecule has 5 heteroatoms. The zero-order valence-electron chi connectivity index (χ0n) is 11.3. The van der Waals surface area contributed by atoms with Crippen LogP contribution < -0.4 is 11.1 Å². The lowest BCUT2D eigenvalue weighted by atomic mass is 10.2. The first-order valence-electron chi connectivity index (χ1n) is 6.35. The predicted octanol–water partition coefficient (Wildman–Crippen LogP) is 1.65. The first-order valence-corrected chi connectivity index (χ1v) is 6.35. The van der Waals surface area contributed by atoms with E-state index in [1.165, 1.54) is 19.3 Å². The maximum Gasteiger partial charge on any atom is 0.188 e. The Morgan fingerprint density at radius 1 is 1.47 bits per heavy atom. The van der Waals surface area contributed by atoms with Crippen LogP contribution in [0.3, 0.4) is 0 Å². The fourth-order valence-electron chi connectivity index (χ4n) is 1.86. The Morgan fingerprint density at radius 3 is 2.59 bits per heavy atom. The van der Waals surface area contributed by atoms with Crippen LogP contribution in [0.15, 0.2) is 4.99 Å². The van der Waals surface area contributed by atoms with Crippen LogP contribution >= 0.6 is 24.0 Å². The summed E-state index contributed by atoms with van der Waals surface area (Å²) >= 11 is 0. The molecule has 1 aliphatic carbocycles. The highest BCUT2D eigenvalue weighted by atomic mass is 127. The molecule has 0 aromatic carbocycles. The van der Waals surface area contributed by atoms with E-state index < -0.39 is 0 Å². The van der Waals surface area contributed by atoms with Gasteiger partial charge in [0.2, 0.25) is 0 Å². The van der Waals surface area contributed by atoms with Crippen molar-refractivity contribution < 1.29 is 0 Å². The summed E-state index contributed by atoms with van der Waals surface area (Å²) in [6, 6.07) is 0.562. The molecule has 0 aromatic heterocycles. The normalized spacial score (nSPS) is 17.8. The largest absolute Gasteiger partial charge is 0.370 e. The van der Waals surface area contributed by atoms with Crippen LogP contribution in [0.4, 0.5) is 0 Å². The van der Waals surface area contributed by atoms with Crippen molar-refractivity contribution in [3.8, 4) is 0 Å². The van der Waals surface area contributed by atoms with E-state index >= 15 is 0 Å². The van der Waals surface area contributed by atoms with E-state index in [4.69, 9.17) is 5.73 Å². The number of unbranched alkanes of at least 4 members (excludes halogenated alkanes) is 1. The maximum absolute atomic E-state index is 5.80. The van der Waals surface area contributed by atoms with Gasteiger partial charge in [-0.1, -0.05) is 13.3 Å². The number of guanidine groups is 1. The minimum Gasteiger partial charge on any atom is -0.370 e. The van der Waals surface area contributed by atoms with E-state index in [0.717, 1.165) is 25.4 Å². The molecule has 1 aliphatic rings. The van der Waals surface area contributed by atoms with Gasteiger partial charge in [-0.15, -0.1) is 24.0 Å². The summed E-state index contributed by atoms with van der Waals surface area (Å²) in [6.45, 7) is 3.93. The Labute approximate surface area is 122 Å². The van der Waals surface area contributed by atoms with E-state index in [-0.39, 0.29) is 24.0 Å². The molecule has 1 rings (SSSR count). The topological polar surface area (TPSA) is 53.6 Å². The molecule has 0 spiro atoms. The van der Waals surface area contributed by atoms with E-state index in [0.29, 0.717) is 12.0 Å². The van der Waals surface area contributed by atoms with E-state index in [1.807, 2.05) is 0 Å². The molecule has 3 N–H and O–H groups in total. The number of nitrogens with two attached hydrogens (primary N) is 1. The van der Waals surface area contributed by atoms with Crippen molar-refractivity contribution in [1.29, 1.82) is 0 Å². The molecule has 0 bridgehead atoms.